The Morgan fingerprint density at radius 3 is 2.73 bits per heavy atom. The highest BCUT2D eigenvalue weighted by Crippen LogP contribution is 2.39. The number of methoxy groups -OCH3 is 1. The van der Waals surface area contributed by atoms with E-state index in [0.29, 0.717) is 31.1 Å². The van der Waals surface area contributed by atoms with Crippen LogP contribution in [-0.4, -0.2) is 60.5 Å². The maximum atomic E-state index is 12.5. The summed E-state index contributed by atoms with van der Waals surface area (Å²) in [6.45, 7) is 8.04. The van der Waals surface area contributed by atoms with E-state index in [9.17, 15) is 4.79 Å². The van der Waals surface area contributed by atoms with Crippen molar-refractivity contribution in [1.29, 1.82) is 0 Å². The van der Waals surface area contributed by atoms with Gasteiger partial charge in [0.1, 0.15) is 23.0 Å². The smallest absolute Gasteiger partial charge is 0.317 e. The van der Waals surface area contributed by atoms with E-state index in [2.05, 4.69) is 17.1 Å². The first kappa shape index (κ1) is 20.1. The third-order valence-corrected chi connectivity index (χ3v) is 5.34. The van der Waals surface area contributed by atoms with E-state index in [4.69, 9.17) is 14.5 Å². The van der Waals surface area contributed by atoms with Gasteiger partial charge in [-0.25, -0.2) is 9.79 Å². The van der Waals surface area contributed by atoms with Crippen molar-refractivity contribution in [2.45, 2.75) is 32.9 Å². The summed E-state index contributed by atoms with van der Waals surface area (Å²) in [6, 6.07) is 13.7. The SMILES string of the molecule is COc1ccc2c(c1)Oc1ccccc1N=C2N1CCN(C(=O)NC(C)C)C(C)C1. The number of hydrogen-bond donors (Lipinski definition) is 1. The third kappa shape index (κ3) is 3.92. The lowest BCUT2D eigenvalue weighted by Crippen LogP contribution is -2.58. The van der Waals surface area contributed by atoms with Gasteiger partial charge in [0.05, 0.1) is 12.7 Å². The van der Waals surface area contributed by atoms with Crippen LogP contribution in [0.5, 0.6) is 17.2 Å². The summed E-state index contributed by atoms with van der Waals surface area (Å²) >= 11 is 0. The molecular weight excluding hydrogens is 380 g/mol. The van der Waals surface area contributed by atoms with E-state index in [1.165, 1.54) is 0 Å². The molecule has 2 heterocycles. The first-order valence-corrected chi connectivity index (χ1v) is 10.3. The normalized spacial score (nSPS) is 18.0. The molecule has 0 spiro atoms. The summed E-state index contributed by atoms with van der Waals surface area (Å²) in [5, 5.41) is 2.99. The van der Waals surface area contributed by atoms with Crippen LogP contribution in [0, 0.1) is 0 Å². The molecular formula is C23H28N4O3. The van der Waals surface area contributed by atoms with Crippen LogP contribution in [-0.2, 0) is 0 Å². The number of aliphatic imine (C=N–C) groups is 1. The number of urea groups is 1. The molecule has 1 unspecified atom stereocenters. The summed E-state index contributed by atoms with van der Waals surface area (Å²) in [6.07, 6.45) is 0. The van der Waals surface area contributed by atoms with E-state index in [1.807, 2.05) is 61.2 Å². The van der Waals surface area contributed by atoms with E-state index in [-0.39, 0.29) is 18.1 Å². The number of piperazine rings is 1. The minimum absolute atomic E-state index is 0.0150. The van der Waals surface area contributed by atoms with Gasteiger partial charge in [-0.2, -0.15) is 0 Å². The van der Waals surface area contributed by atoms with Crippen LogP contribution in [0.1, 0.15) is 26.3 Å². The number of ether oxygens (including phenoxy) is 2. The number of rotatable bonds is 2. The fourth-order valence-electron chi connectivity index (χ4n) is 3.85. The second-order valence-electron chi connectivity index (χ2n) is 7.96. The standard InChI is InChI=1S/C23H28N4O3/c1-15(2)24-23(28)27-12-11-26(14-16(27)3)22-18-10-9-17(29-4)13-21(18)30-20-8-6-5-7-19(20)25-22/h5-10,13,15-16H,11-12,14H2,1-4H3,(H,24,28). The number of amides is 2. The summed E-state index contributed by atoms with van der Waals surface area (Å²) < 4.78 is 11.6. The number of benzene rings is 2. The van der Waals surface area contributed by atoms with E-state index in [0.717, 1.165) is 22.8 Å². The monoisotopic (exact) mass is 408 g/mol. The molecule has 0 saturated carbocycles. The van der Waals surface area contributed by atoms with Crippen molar-refractivity contribution in [1.82, 2.24) is 15.1 Å². The van der Waals surface area contributed by atoms with Crippen molar-refractivity contribution in [3.8, 4) is 17.2 Å². The lowest BCUT2D eigenvalue weighted by Gasteiger charge is -2.41. The molecule has 0 aromatic heterocycles. The molecule has 1 N–H and O–H groups in total. The van der Waals surface area contributed by atoms with E-state index < -0.39 is 0 Å². The second kappa shape index (κ2) is 8.26. The molecule has 2 amide bonds. The largest absolute Gasteiger partial charge is 0.497 e. The molecule has 1 atom stereocenters. The number of amidine groups is 1. The first-order valence-electron chi connectivity index (χ1n) is 10.3. The summed E-state index contributed by atoms with van der Waals surface area (Å²) in [5.74, 6) is 3.01. The van der Waals surface area contributed by atoms with Crippen molar-refractivity contribution in [3.63, 3.8) is 0 Å². The molecule has 0 radical (unpaired) electrons. The van der Waals surface area contributed by atoms with Gasteiger partial charge in [-0.05, 0) is 45.0 Å². The maximum Gasteiger partial charge on any atom is 0.317 e. The number of hydrogen-bond acceptors (Lipinski definition) is 5. The predicted molar refractivity (Wildman–Crippen MR) is 117 cm³/mol. The zero-order valence-electron chi connectivity index (χ0n) is 17.9. The fourth-order valence-corrected chi connectivity index (χ4v) is 3.85. The molecule has 2 aliphatic rings. The van der Waals surface area contributed by atoms with Crippen LogP contribution in [0.2, 0.25) is 0 Å². The van der Waals surface area contributed by atoms with Crippen molar-refractivity contribution >= 4 is 17.6 Å². The van der Waals surface area contributed by atoms with Gasteiger partial charge in [-0.3, -0.25) is 0 Å². The molecule has 0 bridgehead atoms. The average Bonchev–Trinajstić information content (AvgIpc) is 2.89. The molecule has 158 valence electrons. The lowest BCUT2D eigenvalue weighted by molar-refractivity contribution is 0.133. The van der Waals surface area contributed by atoms with Gasteiger partial charge < -0.3 is 24.6 Å². The Bertz CT molecular complexity index is 973. The first-order chi connectivity index (χ1) is 14.5. The van der Waals surface area contributed by atoms with Crippen LogP contribution in [0.25, 0.3) is 0 Å². The van der Waals surface area contributed by atoms with Crippen molar-refractivity contribution in [3.05, 3.63) is 48.0 Å². The molecule has 4 rings (SSSR count). The lowest BCUT2D eigenvalue weighted by atomic mass is 10.1. The van der Waals surface area contributed by atoms with Crippen LogP contribution in [0.15, 0.2) is 47.5 Å². The number of carbonyl (C=O) groups excluding carboxylic acids is 1. The van der Waals surface area contributed by atoms with Gasteiger partial charge in [0.2, 0.25) is 0 Å². The molecule has 2 aliphatic heterocycles. The quantitative estimate of drug-likeness (QED) is 0.816. The van der Waals surface area contributed by atoms with Gasteiger partial charge in [0, 0.05) is 37.8 Å². The highest BCUT2D eigenvalue weighted by atomic mass is 16.5. The van der Waals surface area contributed by atoms with E-state index in [1.54, 1.807) is 7.11 Å². The zero-order valence-corrected chi connectivity index (χ0v) is 17.9. The Labute approximate surface area is 177 Å². The van der Waals surface area contributed by atoms with Crippen LogP contribution in [0.3, 0.4) is 0 Å². The Morgan fingerprint density at radius 1 is 1.20 bits per heavy atom. The highest BCUT2D eigenvalue weighted by molar-refractivity contribution is 6.04. The molecule has 1 fully saturated rings. The molecule has 0 aliphatic carbocycles. The Hall–Kier alpha value is -3.22. The van der Waals surface area contributed by atoms with Crippen molar-refractivity contribution < 1.29 is 14.3 Å². The number of para-hydroxylation sites is 2. The molecule has 1 saturated heterocycles. The minimum Gasteiger partial charge on any atom is -0.497 e. The van der Waals surface area contributed by atoms with E-state index >= 15 is 0 Å². The van der Waals surface area contributed by atoms with Crippen molar-refractivity contribution in [2.24, 2.45) is 4.99 Å². The Kier molecular flexibility index (Phi) is 5.53. The highest BCUT2D eigenvalue weighted by Gasteiger charge is 2.31. The van der Waals surface area contributed by atoms with Gasteiger partial charge in [0.15, 0.2) is 5.75 Å². The van der Waals surface area contributed by atoms with Gasteiger partial charge in [-0.1, -0.05) is 12.1 Å². The van der Waals surface area contributed by atoms with Crippen LogP contribution < -0.4 is 14.8 Å². The Morgan fingerprint density at radius 2 is 2.00 bits per heavy atom. The third-order valence-electron chi connectivity index (χ3n) is 5.34. The Balaban J connectivity index is 1.66. The van der Waals surface area contributed by atoms with Gasteiger partial charge in [0.25, 0.3) is 0 Å². The van der Waals surface area contributed by atoms with Crippen molar-refractivity contribution in [2.75, 3.05) is 26.7 Å². The molecule has 2 aromatic carbocycles. The zero-order chi connectivity index (χ0) is 21.3. The number of nitrogens with one attached hydrogen (secondary N) is 1. The molecule has 2 aromatic rings. The summed E-state index contributed by atoms with van der Waals surface area (Å²) in [5.41, 5.74) is 1.70. The molecule has 7 nitrogen and oxygen atoms in total. The van der Waals surface area contributed by atoms with Crippen LogP contribution in [0.4, 0.5) is 10.5 Å². The summed E-state index contributed by atoms with van der Waals surface area (Å²) in [4.78, 5) is 21.6. The number of fused-ring (bicyclic) bond motifs is 2. The summed E-state index contributed by atoms with van der Waals surface area (Å²) in [7, 11) is 1.64. The van der Waals surface area contributed by atoms with Gasteiger partial charge in [-0.15, -0.1) is 0 Å². The molecule has 7 heteroatoms. The van der Waals surface area contributed by atoms with Crippen LogP contribution >= 0.6 is 0 Å². The second-order valence-corrected chi connectivity index (χ2v) is 7.96. The average molecular weight is 409 g/mol. The minimum atomic E-state index is -0.0150. The number of nitrogens with zero attached hydrogens (tertiary/aromatic N) is 3. The topological polar surface area (TPSA) is 66.4 Å². The predicted octanol–water partition coefficient (Wildman–Crippen LogP) is 4.00. The van der Waals surface area contributed by atoms with Gasteiger partial charge >= 0.3 is 6.03 Å². The maximum absolute atomic E-state index is 12.5. The molecule has 30 heavy (non-hydrogen) atoms. The number of carbonyl (C=O) groups is 1. The fraction of sp³-hybridized carbons (Fsp3) is 0.391.